The summed E-state index contributed by atoms with van der Waals surface area (Å²) in [4.78, 5) is 17.0. The summed E-state index contributed by atoms with van der Waals surface area (Å²) in [7, 11) is 0. The average Bonchev–Trinajstić information content (AvgIpc) is 3.29. The van der Waals surface area contributed by atoms with E-state index < -0.39 is 0 Å². The molecule has 2 heterocycles. The van der Waals surface area contributed by atoms with Gasteiger partial charge in [0.25, 0.3) is 0 Å². The van der Waals surface area contributed by atoms with Gasteiger partial charge in [0, 0.05) is 35.4 Å². The van der Waals surface area contributed by atoms with Gasteiger partial charge in [0.1, 0.15) is 5.82 Å². The lowest BCUT2D eigenvalue weighted by Crippen LogP contribution is -2.30. The van der Waals surface area contributed by atoms with Crippen molar-refractivity contribution in [1.82, 2.24) is 19.9 Å². The van der Waals surface area contributed by atoms with Crippen molar-refractivity contribution >= 4 is 50.7 Å². The summed E-state index contributed by atoms with van der Waals surface area (Å²) in [5.74, 6) is 0.783. The molecule has 0 aliphatic rings. The Labute approximate surface area is 228 Å². The second-order valence-corrected chi connectivity index (χ2v) is 9.66. The van der Waals surface area contributed by atoms with Crippen molar-refractivity contribution in [3.63, 3.8) is 0 Å². The molecule has 0 saturated carbocycles. The molecule has 186 valence electrons. The molecule has 0 saturated heterocycles. The zero-order valence-corrected chi connectivity index (χ0v) is 22.1. The van der Waals surface area contributed by atoms with Crippen molar-refractivity contribution in [2.75, 3.05) is 17.2 Å². The number of halogens is 2. The molecule has 37 heavy (non-hydrogen) atoms. The summed E-state index contributed by atoms with van der Waals surface area (Å²) < 4.78 is 2.54. The standard InChI is InChI=1S/C28H24BrClN6O/c29-23-18-33-36-26(16-25(35-27(23)36)22-8-4-5-9-24(22)30)32-17-20-10-12-21(13-11-20)34-28(37)31-15-14-19-6-2-1-3-7-19/h1-13,16,18,32H,14-15,17H2,(H2,31,34,37). The second kappa shape index (κ2) is 11.5. The first-order chi connectivity index (χ1) is 18.1. The van der Waals surface area contributed by atoms with Crippen LogP contribution in [0.2, 0.25) is 5.02 Å². The molecule has 0 atom stereocenters. The fraction of sp³-hybridized carbons (Fsp3) is 0.107. The summed E-state index contributed by atoms with van der Waals surface area (Å²) in [6.45, 7) is 1.13. The minimum atomic E-state index is -0.225. The highest BCUT2D eigenvalue weighted by molar-refractivity contribution is 9.10. The molecular weight excluding hydrogens is 552 g/mol. The first-order valence-corrected chi connectivity index (χ1v) is 12.9. The van der Waals surface area contributed by atoms with E-state index in [0.29, 0.717) is 23.8 Å². The normalized spacial score (nSPS) is 10.9. The van der Waals surface area contributed by atoms with Gasteiger partial charge in [-0.1, -0.05) is 72.3 Å². The number of urea groups is 1. The average molecular weight is 576 g/mol. The van der Waals surface area contributed by atoms with Crippen LogP contribution in [-0.2, 0) is 13.0 Å². The number of fused-ring (bicyclic) bond motifs is 1. The van der Waals surface area contributed by atoms with Crippen LogP contribution in [0.4, 0.5) is 16.3 Å². The first kappa shape index (κ1) is 24.8. The number of nitrogens with one attached hydrogen (secondary N) is 3. The lowest BCUT2D eigenvalue weighted by Gasteiger charge is -2.12. The van der Waals surface area contributed by atoms with E-state index in [9.17, 15) is 4.79 Å². The van der Waals surface area contributed by atoms with Crippen molar-refractivity contribution < 1.29 is 4.79 Å². The maximum Gasteiger partial charge on any atom is 0.319 e. The number of rotatable bonds is 8. The number of benzene rings is 3. The summed E-state index contributed by atoms with van der Waals surface area (Å²) >= 11 is 9.96. The quantitative estimate of drug-likeness (QED) is 0.190. The fourth-order valence-electron chi connectivity index (χ4n) is 3.91. The number of hydrogen-bond donors (Lipinski definition) is 3. The molecule has 0 unspecified atom stereocenters. The highest BCUT2D eigenvalue weighted by atomic mass is 79.9. The second-order valence-electron chi connectivity index (χ2n) is 8.40. The molecule has 9 heteroatoms. The van der Waals surface area contributed by atoms with Crippen molar-refractivity contribution in [1.29, 1.82) is 0 Å². The predicted molar refractivity (Wildman–Crippen MR) is 152 cm³/mol. The molecule has 0 aliphatic carbocycles. The molecule has 3 N–H and O–H groups in total. The lowest BCUT2D eigenvalue weighted by molar-refractivity contribution is 0.252. The van der Waals surface area contributed by atoms with Crippen molar-refractivity contribution in [3.8, 4) is 11.3 Å². The monoisotopic (exact) mass is 574 g/mol. The van der Waals surface area contributed by atoms with Gasteiger partial charge in [0.05, 0.1) is 16.4 Å². The van der Waals surface area contributed by atoms with Crippen LogP contribution in [0.3, 0.4) is 0 Å². The third-order valence-electron chi connectivity index (χ3n) is 5.81. The van der Waals surface area contributed by atoms with Crippen LogP contribution in [-0.4, -0.2) is 27.2 Å². The lowest BCUT2D eigenvalue weighted by atomic mass is 10.1. The Bertz CT molecular complexity index is 1520. The predicted octanol–water partition coefficient (Wildman–Crippen LogP) is 6.79. The molecule has 5 aromatic rings. The Morgan fingerprint density at radius 2 is 1.70 bits per heavy atom. The van der Waals surface area contributed by atoms with Crippen molar-refractivity contribution in [3.05, 3.63) is 112 Å². The summed E-state index contributed by atoms with van der Waals surface area (Å²) in [6.07, 6.45) is 2.50. The third kappa shape index (κ3) is 6.10. The Hall–Kier alpha value is -3.88. The molecule has 3 aromatic carbocycles. The van der Waals surface area contributed by atoms with Crippen LogP contribution in [0.25, 0.3) is 16.9 Å². The highest BCUT2D eigenvalue weighted by Gasteiger charge is 2.13. The molecule has 0 spiro atoms. The summed E-state index contributed by atoms with van der Waals surface area (Å²) in [6, 6.07) is 27.1. The minimum absolute atomic E-state index is 0.225. The van der Waals surface area contributed by atoms with Crippen LogP contribution in [0.15, 0.2) is 95.6 Å². The highest BCUT2D eigenvalue weighted by Crippen LogP contribution is 2.30. The first-order valence-electron chi connectivity index (χ1n) is 11.8. The van der Waals surface area contributed by atoms with E-state index in [-0.39, 0.29) is 6.03 Å². The molecule has 0 aliphatic heterocycles. The van der Waals surface area contributed by atoms with E-state index in [1.165, 1.54) is 5.56 Å². The zero-order chi connectivity index (χ0) is 25.6. The Kier molecular flexibility index (Phi) is 7.67. The molecule has 7 nitrogen and oxygen atoms in total. The topological polar surface area (TPSA) is 83.4 Å². The summed E-state index contributed by atoms with van der Waals surface area (Å²) in [5, 5.41) is 14.3. The Morgan fingerprint density at radius 3 is 2.49 bits per heavy atom. The molecule has 2 aromatic heterocycles. The number of hydrogen-bond acceptors (Lipinski definition) is 4. The van der Waals surface area contributed by atoms with Crippen LogP contribution in [0.5, 0.6) is 0 Å². The Balaban J connectivity index is 1.22. The number of anilines is 2. The van der Waals surface area contributed by atoms with Gasteiger partial charge in [-0.15, -0.1) is 0 Å². The van der Waals surface area contributed by atoms with Crippen LogP contribution in [0.1, 0.15) is 11.1 Å². The van der Waals surface area contributed by atoms with Crippen LogP contribution >= 0.6 is 27.5 Å². The van der Waals surface area contributed by atoms with Gasteiger partial charge in [0.2, 0.25) is 0 Å². The van der Waals surface area contributed by atoms with Gasteiger partial charge < -0.3 is 16.0 Å². The number of carbonyl (C=O) groups excluding carboxylic acids is 1. The Morgan fingerprint density at radius 1 is 0.946 bits per heavy atom. The van der Waals surface area contributed by atoms with Gasteiger partial charge in [-0.05, 0) is 51.7 Å². The molecule has 0 fully saturated rings. The van der Waals surface area contributed by atoms with E-state index in [1.54, 1.807) is 10.7 Å². The maximum absolute atomic E-state index is 12.2. The third-order valence-corrected chi connectivity index (χ3v) is 6.70. The van der Waals surface area contributed by atoms with Gasteiger partial charge >= 0.3 is 6.03 Å². The van der Waals surface area contributed by atoms with Crippen molar-refractivity contribution in [2.24, 2.45) is 0 Å². The number of nitrogens with zero attached hydrogens (tertiary/aromatic N) is 3. The maximum atomic E-state index is 12.2. The largest absolute Gasteiger partial charge is 0.366 e. The van der Waals surface area contributed by atoms with Gasteiger partial charge in [-0.3, -0.25) is 0 Å². The van der Waals surface area contributed by atoms with Crippen LogP contribution in [0, 0.1) is 0 Å². The molecule has 0 radical (unpaired) electrons. The van der Waals surface area contributed by atoms with E-state index >= 15 is 0 Å². The van der Waals surface area contributed by atoms with Gasteiger partial charge in [-0.25, -0.2) is 9.78 Å². The number of carbonyl (C=O) groups is 1. The van der Waals surface area contributed by atoms with Crippen molar-refractivity contribution in [2.45, 2.75) is 13.0 Å². The minimum Gasteiger partial charge on any atom is -0.366 e. The fourth-order valence-corrected chi connectivity index (χ4v) is 4.49. The van der Waals surface area contributed by atoms with E-state index in [0.717, 1.165) is 39.2 Å². The smallest absolute Gasteiger partial charge is 0.319 e. The van der Waals surface area contributed by atoms with E-state index in [2.05, 4.69) is 37.0 Å². The van der Waals surface area contributed by atoms with E-state index in [1.807, 2.05) is 84.9 Å². The van der Waals surface area contributed by atoms with E-state index in [4.69, 9.17) is 16.6 Å². The zero-order valence-electron chi connectivity index (χ0n) is 19.8. The number of amides is 2. The number of aromatic nitrogens is 3. The molecular formula is C28H24BrClN6O. The van der Waals surface area contributed by atoms with Crippen LogP contribution < -0.4 is 16.0 Å². The van der Waals surface area contributed by atoms with Gasteiger partial charge in [-0.2, -0.15) is 9.61 Å². The van der Waals surface area contributed by atoms with Gasteiger partial charge in [0.15, 0.2) is 5.65 Å². The summed E-state index contributed by atoms with van der Waals surface area (Å²) in [5.41, 5.74) is 5.25. The molecule has 2 amide bonds. The molecule has 5 rings (SSSR count). The SMILES string of the molecule is O=C(NCCc1ccccc1)Nc1ccc(CNc2cc(-c3ccccc3Cl)nc3c(Br)cnn23)cc1. The molecule has 0 bridgehead atoms.